The van der Waals surface area contributed by atoms with E-state index in [4.69, 9.17) is 0 Å². The molecule has 0 bridgehead atoms. The lowest BCUT2D eigenvalue weighted by molar-refractivity contribution is 0.0950. The second kappa shape index (κ2) is 14.8. The molecule has 1 aromatic rings. The van der Waals surface area contributed by atoms with Crippen LogP contribution in [0.5, 0.6) is 11.5 Å². The van der Waals surface area contributed by atoms with Crippen molar-refractivity contribution in [1.82, 2.24) is 16.0 Å². The van der Waals surface area contributed by atoms with E-state index in [0.717, 1.165) is 32.5 Å². The minimum absolute atomic E-state index is 0. The van der Waals surface area contributed by atoms with Crippen LogP contribution < -0.4 is 16.0 Å². The van der Waals surface area contributed by atoms with Gasteiger partial charge in [-0.25, -0.2) is 0 Å². The van der Waals surface area contributed by atoms with Crippen LogP contribution in [0.15, 0.2) is 18.2 Å². The van der Waals surface area contributed by atoms with Crippen LogP contribution in [0.1, 0.15) is 55.3 Å². The van der Waals surface area contributed by atoms with Gasteiger partial charge in [0.05, 0.1) is 5.56 Å². The van der Waals surface area contributed by atoms with E-state index in [2.05, 4.69) is 16.0 Å². The Balaban J connectivity index is 0.00000338. The number of rotatable bonds is 10. The molecular weight excluding hydrogens is 389 g/mol. The molecule has 0 aromatic heterocycles. The number of phenolic OH excluding ortho intramolecular Hbond substituents is 2. The lowest BCUT2D eigenvalue weighted by Gasteiger charge is -2.22. The van der Waals surface area contributed by atoms with Crippen molar-refractivity contribution >= 4 is 30.7 Å². The number of hydrogen-bond donors (Lipinski definition) is 5. The first-order valence-electron chi connectivity index (χ1n) is 9.41. The molecule has 1 aromatic carbocycles. The maximum absolute atomic E-state index is 11.9. The highest BCUT2D eigenvalue weighted by Gasteiger charge is 2.12. The summed E-state index contributed by atoms with van der Waals surface area (Å²) in [5.41, 5.74) is 0.104. The molecule has 0 radical (unpaired) electrons. The summed E-state index contributed by atoms with van der Waals surface area (Å²) in [6.45, 7) is 3.47. The predicted molar refractivity (Wildman–Crippen MR) is 114 cm³/mol. The molecule has 0 aliphatic heterocycles. The summed E-state index contributed by atoms with van der Waals surface area (Å²) >= 11 is 0. The number of nitrogens with one attached hydrogen (secondary N) is 3. The quantitative estimate of drug-likeness (QED) is 0.295. The normalized spacial score (nSPS) is 14.1. The first-order valence-corrected chi connectivity index (χ1v) is 9.41. The summed E-state index contributed by atoms with van der Waals surface area (Å²) in [7, 11) is 0. The van der Waals surface area contributed by atoms with Crippen LogP contribution in [0.2, 0.25) is 0 Å². The average molecular weight is 422 g/mol. The molecule has 27 heavy (non-hydrogen) atoms. The summed E-state index contributed by atoms with van der Waals surface area (Å²) in [4.78, 5) is 11.9. The van der Waals surface area contributed by atoms with Crippen LogP contribution >= 0.6 is 24.8 Å². The maximum Gasteiger partial charge on any atom is 0.255 e. The van der Waals surface area contributed by atoms with Gasteiger partial charge in [-0.2, -0.15) is 0 Å². The van der Waals surface area contributed by atoms with Crippen molar-refractivity contribution in [2.75, 3.05) is 26.2 Å². The molecule has 0 unspecified atom stereocenters. The number of halogens is 2. The van der Waals surface area contributed by atoms with Gasteiger partial charge in [-0.15, -0.1) is 24.8 Å². The third kappa shape index (κ3) is 10.1. The van der Waals surface area contributed by atoms with E-state index in [-0.39, 0.29) is 47.8 Å². The first kappa shape index (κ1) is 25.8. The number of aromatic hydroxyl groups is 2. The Morgan fingerprint density at radius 3 is 2.41 bits per heavy atom. The van der Waals surface area contributed by atoms with Crippen LogP contribution in [0, 0.1) is 0 Å². The van der Waals surface area contributed by atoms with Crippen LogP contribution in [0.3, 0.4) is 0 Å². The SMILES string of the molecule is Cl.Cl.O=C(NCCCCNCCNC1CCCCC1)c1cc(O)ccc1O. The third-order valence-electron chi connectivity index (χ3n) is 4.63. The van der Waals surface area contributed by atoms with Crippen molar-refractivity contribution < 1.29 is 15.0 Å². The number of amides is 1. The highest BCUT2D eigenvalue weighted by molar-refractivity contribution is 5.97. The van der Waals surface area contributed by atoms with Gasteiger partial charge in [0, 0.05) is 25.7 Å². The lowest BCUT2D eigenvalue weighted by Crippen LogP contribution is -2.36. The summed E-state index contributed by atoms with van der Waals surface area (Å²) in [6, 6.07) is 4.64. The van der Waals surface area contributed by atoms with Crippen molar-refractivity contribution in [2.45, 2.75) is 51.0 Å². The zero-order chi connectivity index (χ0) is 17.9. The second-order valence-corrected chi connectivity index (χ2v) is 6.70. The third-order valence-corrected chi connectivity index (χ3v) is 4.63. The number of unbranched alkanes of at least 4 members (excludes halogenated alkanes) is 1. The topological polar surface area (TPSA) is 93.6 Å². The molecule has 6 nitrogen and oxygen atoms in total. The molecule has 2 rings (SSSR count). The van der Waals surface area contributed by atoms with Crippen LogP contribution in [0.4, 0.5) is 0 Å². The molecule has 1 fully saturated rings. The number of carbonyl (C=O) groups is 1. The largest absolute Gasteiger partial charge is 0.508 e. The van der Waals surface area contributed by atoms with Gasteiger partial charge in [0.25, 0.3) is 5.91 Å². The van der Waals surface area contributed by atoms with Crippen LogP contribution in [-0.4, -0.2) is 48.3 Å². The number of benzene rings is 1. The fraction of sp³-hybridized carbons (Fsp3) is 0.632. The fourth-order valence-corrected chi connectivity index (χ4v) is 3.17. The molecule has 8 heteroatoms. The molecular formula is C19H33Cl2N3O3. The standard InChI is InChI=1S/C19H31N3O3.2ClH/c23-16-8-9-18(24)17(14-16)19(25)22-11-5-4-10-20-12-13-21-15-6-2-1-3-7-15;;/h8-9,14-15,20-21,23-24H,1-7,10-13H2,(H,22,25);2*1H. The van der Waals surface area contributed by atoms with E-state index in [9.17, 15) is 15.0 Å². The average Bonchev–Trinajstić information content (AvgIpc) is 2.63. The number of hydrogen-bond acceptors (Lipinski definition) is 5. The Morgan fingerprint density at radius 2 is 1.67 bits per heavy atom. The van der Waals surface area contributed by atoms with E-state index in [1.54, 1.807) is 0 Å². The minimum atomic E-state index is -0.363. The van der Waals surface area contributed by atoms with E-state index in [0.29, 0.717) is 12.6 Å². The Labute approximate surface area is 174 Å². The van der Waals surface area contributed by atoms with E-state index in [1.165, 1.54) is 50.3 Å². The fourth-order valence-electron chi connectivity index (χ4n) is 3.17. The van der Waals surface area contributed by atoms with Gasteiger partial charge in [-0.1, -0.05) is 19.3 Å². The van der Waals surface area contributed by atoms with E-state index >= 15 is 0 Å². The Bertz CT molecular complexity index is 541. The lowest BCUT2D eigenvalue weighted by atomic mass is 9.95. The molecule has 5 N–H and O–H groups in total. The Hall–Kier alpha value is -1.21. The summed E-state index contributed by atoms with van der Waals surface area (Å²) < 4.78 is 0. The van der Waals surface area contributed by atoms with Crippen LogP contribution in [0.25, 0.3) is 0 Å². The molecule has 1 amide bonds. The van der Waals surface area contributed by atoms with Gasteiger partial charge in [-0.3, -0.25) is 4.79 Å². The number of phenols is 2. The van der Waals surface area contributed by atoms with Crippen LogP contribution in [-0.2, 0) is 0 Å². The zero-order valence-corrected chi connectivity index (χ0v) is 17.3. The van der Waals surface area contributed by atoms with E-state index in [1.807, 2.05) is 0 Å². The molecule has 1 aliphatic rings. The Kier molecular flexibility index (Phi) is 14.1. The van der Waals surface area contributed by atoms with Gasteiger partial charge in [0.1, 0.15) is 11.5 Å². The predicted octanol–water partition coefficient (Wildman–Crippen LogP) is 2.96. The molecule has 0 spiro atoms. The summed E-state index contributed by atoms with van der Waals surface area (Å²) in [6.07, 6.45) is 8.58. The van der Waals surface area contributed by atoms with Crippen molar-refractivity contribution in [3.63, 3.8) is 0 Å². The number of carbonyl (C=O) groups excluding carboxylic acids is 1. The highest BCUT2D eigenvalue weighted by Crippen LogP contribution is 2.21. The molecule has 1 aliphatic carbocycles. The molecule has 0 heterocycles. The van der Waals surface area contributed by atoms with Crippen molar-refractivity contribution in [3.05, 3.63) is 23.8 Å². The monoisotopic (exact) mass is 421 g/mol. The maximum atomic E-state index is 11.9. The van der Waals surface area contributed by atoms with Gasteiger partial charge in [0.15, 0.2) is 0 Å². The smallest absolute Gasteiger partial charge is 0.255 e. The molecule has 156 valence electrons. The van der Waals surface area contributed by atoms with Gasteiger partial charge in [-0.05, 0) is 50.4 Å². The second-order valence-electron chi connectivity index (χ2n) is 6.70. The summed E-state index contributed by atoms with van der Waals surface area (Å²) in [5, 5.41) is 28.8. The Morgan fingerprint density at radius 1 is 0.963 bits per heavy atom. The van der Waals surface area contributed by atoms with Gasteiger partial charge < -0.3 is 26.2 Å². The van der Waals surface area contributed by atoms with Crippen molar-refractivity contribution in [1.29, 1.82) is 0 Å². The summed E-state index contributed by atoms with van der Waals surface area (Å²) in [5.74, 6) is -0.519. The van der Waals surface area contributed by atoms with Gasteiger partial charge in [0.2, 0.25) is 0 Å². The van der Waals surface area contributed by atoms with Crippen molar-refractivity contribution in [2.24, 2.45) is 0 Å². The first-order chi connectivity index (χ1) is 12.2. The molecule has 1 saturated carbocycles. The van der Waals surface area contributed by atoms with Gasteiger partial charge >= 0.3 is 0 Å². The zero-order valence-electron chi connectivity index (χ0n) is 15.7. The highest BCUT2D eigenvalue weighted by atomic mass is 35.5. The van der Waals surface area contributed by atoms with Crippen molar-refractivity contribution in [3.8, 4) is 11.5 Å². The molecule has 0 atom stereocenters. The molecule has 0 saturated heterocycles. The minimum Gasteiger partial charge on any atom is -0.508 e. The van der Waals surface area contributed by atoms with E-state index < -0.39 is 0 Å².